The molecule has 2 aromatic heterocycles. The van der Waals surface area contributed by atoms with Gasteiger partial charge in [0.1, 0.15) is 5.65 Å². The molecule has 4 aromatic rings. The van der Waals surface area contributed by atoms with Crippen LogP contribution in [0.4, 0.5) is 5.69 Å². The number of ketones is 1. The van der Waals surface area contributed by atoms with Gasteiger partial charge < -0.3 is 14.6 Å². The van der Waals surface area contributed by atoms with Crippen LogP contribution < -0.4 is 15.2 Å². The molecule has 0 spiro atoms. The monoisotopic (exact) mass is 470 g/mol. The quantitative estimate of drug-likeness (QED) is 0.306. The first kappa shape index (κ1) is 23.1. The fraction of sp³-hybridized carbons (Fsp3) is 0.321. The van der Waals surface area contributed by atoms with E-state index >= 15 is 0 Å². The summed E-state index contributed by atoms with van der Waals surface area (Å²) in [4.78, 5) is 35.8. The lowest BCUT2D eigenvalue weighted by Gasteiger charge is -2.37. The number of benzene rings is 2. The van der Waals surface area contributed by atoms with Crippen molar-refractivity contribution in [3.8, 4) is 5.88 Å². The van der Waals surface area contributed by atoms with Crippen LogP contribution in [0.3, 0.4) is 0 Å². The molecule has 0 amide bonds. The molecule has 1 fully saturated rings. The number of H-pyrrole nitrogens is 1. The Labute approximate surface area is 204 Å². The summed E-state index contributed by atoms with van der Waals surface area (Å²) in [7, 11) is 0. The molecule has 0 aliphatic carbocycles. The number of anilines is 1. The van der Waals surface area contributed by atoms with Gasteiger partial charge in [0.2, 0.25) is 11.4 Å². The van der Waals surface area contributed by atoms with Gasteiger partial charge >= 0.3 is 0 Å². The number of nitrogens with one attached hydrogen (secondary N) is 1. The fourth-order valence-electron chi connectivity index (χ4n) is 4.78. The Hall–Kier alpha value is -3.71. The zero-order chi connectivity index (χ0) is 24.2. The lowest BCUT2D eigenvalue weighted by atomic mass is 10.00. The number of Topliss-reactive ketones (excluding diaryl/α,β-unsaturated/α-hetero) is 1. The Kier molecular flexibility index (Phi) is 6.77. The van der Waals surface area contributed by atoms with Crippen LogP contribution in [0.2, 0.25) is 0 Å². The van der Waals surface area contributed by atoms with Crippen LogP contribution in [-0.4, -0.2) is 60.0 Å². The predicted molar refractivity (Wildman–Crippen MR) is 140 cm³/mol. The van der Waals surface area contributed by atoms with E-state index in [1.54, 1.807) is 13.0 Å². The number of nitrogens with zero attached hydrogens (tertiary/aromatic N) is 3. The SMILES string of the molecule is CC(=O)c1ccc2ccccc2c1N1CCN(CCCCOc2ccc3ccc(=O)[nH]c3n2)CC1. The molecule has 0 atom stereocenters. The first-order chi connectivity index (χ1) is 17.1. The highest BCUT2D eigenvalue weighted by Crippen LogP contribution is 2.32. The summed E-state index contributed by atoms with van der Waals surface area (Å²) >= 11 is 0. The predicted octanol–water partition coefficient (Wildman–Crippen LogP) is 4.26. The van der Waals surface area contributed by atoms with E-state index in [1.807, 2.05) is 36.4 Å². The third kappa shape index (κ3) is 5.20. The summed E-state index contributed by atoms with van der Waals surface area (Å²) in [5, 5.41) is 3.20. The summed E-state index contributed by atoms with van der Waals surface area (Å²) in [5.41, 5.74) is 2.26. The molecule has 1 saturated heterocycles. The van der Waals surface area contributed by atoms with Crippen LogP contribution in [0.15, 0.2) is 65.5 Å². The maximum absolute atomic E-state index is 12.3. The molecule has 1 aliphatic rings. The molecule has 2 aromatic carbocycles. The molecule has 180 valence electrons. The molecule has 3 heterocycles. The lowest BCUT2D eigenvalue weighted by Crippen LogP contribution is -2.47. The van der Waals surface area contributed by atoms with Gasteiger partial charge in [-0.3, -0.25) is 14.5 Å². The third-order valence-electron chi connectivity index (χ3n) is 6.64. The van der Waals surface area contributed by atoms with Crippen molar-refractivity contribution in [3.05, 3.63) is 76.6 Å². The number of carbonyl (C=O) groups excluding carboxylic acids is 1. The van der Waals surface area contributed by atoms with Crippen molar-refractivity contribution in [1.82, 2.24) is 14.9 Å². The summed E-state index contributed by atoms with van der Waals surface area (Å²) in [6, 6.07) is 19.3. The van der Waals surface area contributed by atoms with Gasteiger partial charge in [0.15, 0.2) is 5.78 Å². The molecule has 0 bridgehead atoms. The zero-order valence-corrected chi connectivity index (χ0v) is 20.0. The highest BCUT2D eigenvalue weighted by atomic mass is 16.5. The van der Waals surface area contributed by atoms with Gasteiger partial charge in [0, 0.05) is 54.6 Å². The van der Waals surface area contributed by atoms with E-state index in [1.165, 1.54) is 11.5 Å². The molecular weight excluding hydrogens is 440 g/mol. The summed E-state index contributed by atoms with van der Waals surface area (Å²) in [6.45, 7) is 7.02. The molecule has 0 saturated carbocycles. The fourth-order valence-corrected chi connectivity index (χ4v) is 4.78. The van der Waals surface area contributed by atoms with Crippen molar-refractivity contribution in [2.24, 2.45) is 0 Å². The van der Waals surface area contributed by atoms with Crippen LogP contribution >= 0.6 is 0 Å². The second-order valence-corrected chi connectivity index (χ2v) is 9.03. The molecule has 7 heteroatoms. The Morgan fingerprint density at radius 1 is 0.943 bits per heavy atom. The minimum Gasteiger partial charge on any atom is -0.478 e. The largest absolute Gasteiger partial charge is 0.478 e. The van der Waals surface area contributed by atoms with Gasteiger partial charge in [-0.05, 0) is 49.9 Å². The Morgan fingerprint density at radius 3 is 2.54 bits per heavy atom. The van der Waals surface area contributed by atoms with Gasteiger partial charge in [0.05, 0.1) is 12.3 Å². The summed E-state index contributed by atoms with van der Waals surface area (Å²) < 4.78 is 5.80. The van der Waals surface area contributed by atoms with E-state index in [-0.39, 0.29) is 11.3 Å². The highest BCUT2D eigenvalue weighted by molar-refractivity contribution is 6.08. The number of aromatic amines is 1. The minimum atomic E-state index is -0.166. The van der Waals surface area contributed by atoms with E-state index in [9.17, 15) is 9.59 Å². The molecular formula is C28H30N4O3. The van der Waals surface area contributed by atoms with E-state index in [0.717, 1.165) is 67.6 Å². The number of rotatable bonds is 8. The van der Waals surface area contributed by atoms with E-state index in [4.69, 9.17) is 4.74 Å². The van der Waals surface area contributed by atoms with Crippen molar-refractivity contribution in [1.29, 1.82) is 0 Å². The maximum atomic E-state index is 12.3. The highest BCUT2D eigenvalue weighted by Gasteiger charge is 2.22. The van der Waals surface area contributed by atoms with E-state index in [2.05, 4.69) is 31.9 Å². The molecule has 35 heavy (non-hydrogen) atoms. The smallest absolute Gasteiger partial charge is 0.249 e. The van der Waals surface area contributed by atoms with Crippen LogP contribution in [0.25, 0.3) is 21.8 Å². The first-order valence-corrected chi connectivity index (χ1v) is 12.2. The minimum absolute atomic E-state index is 0.112. The average molecular weight is 471 g/mol. The number of piperazine rings is 1. The second kappa shape index (κ2) is 10.3. The average Bonchev–Trinajstić information content (AvgIpc) is 2.88. The number of pyridine rings is 2. The number of carbonyl (C=O) groups is 1. The molecule has 0 unspecified atom stereocenters. The van der Waals surface area contributed by atoms with Gasteiger partial charge in [0.25, 0.3) is 0 Å². The van der Waals surface area contributed by atoms with Crippen molar-refractivity contribution >= 4 is 33.3 Å². The standard InChI is InChI=1S/C28H30N4O3/c1-20(33)23-11-8-21-6-2-3-7-24(21)27(23)32-17-15-31(16-18-32)14-4-5-19-35-26-13-10-22-9-12-25(34)29-28(22)30-26/h2-3,6-13H,4-5,14-19H2,1H3,(H,29,30,34). The Morgan fingerprint density at radius 2 is 1.71 bits per heavy atom. The maximum Gasteiger partial charge on any atom is 0.249 e. The van der Waals surface area contributed by atoms with Crippen LogP contribution in [-0.2, 0) is 0 Å². The molecule has 1 N–H and O–H groups in total. The van der Waals surface area contributed by atoms with Crippen LogP contribution in [0, 0.1) is 0 Å². The van der Waals surface area contributed by atoms with Crippen molar-refractivity contribution in [2.75, 3.05) is 44.2 Å². The van der Waals surface area contributed by atoms with Gasteiger partial charge in [-0.2, -0.15) is 4.98 Å². The normalized spacial score (nSPS) is 14.5. The van der Waals surface area contributed by atoms with E-state index in [0.29, 0.717) is 18.1 Å². The number of ether oxygens (including phenoxy) is 1. The number of hydrogen-bond donors (Lipinski definition) is 1. The second-order valence-electron chi connectivity index (χ2n) is 9.03. The Balaban J connectivity index is 1.12. The number of hydrogen-bond acceptors (Lipinski definition) is 6. The van der Waals surface area contributed by atoms with Gasteiger partial charge in [-0.1, -0.05) is 30.3 Å². The van der Waals surface area contributed by atoms with Crippen LogP contribution in [0.1, 0.15) is 30.1 Å². The van der Waals surface area contributed by atoms with Gasteiger partial charge in [-0.15, -0.1) is 0 Å². The molecule has 7 nitrogen and oxygen atoms in total. The number of fused-ring (bicyclic) bond motifs is 2. The molecule has 5 rings (SSSR count). The van der Waals surface area contributed by atoms with Crippen LogP contribution in [0.5, 0.6) is 5.88 Å². The van der Waals surface area contributed by atoms with Crippen molar-refractivity contribution in [3.63, 3.8) is 0 Å². The number of aromatic nitrogens is 2. The first-order valence-electron chi connectivity index (χ1n) is 12.2. The van der Waals surface area contributed by atoms with E-state index < -0.39 is 0 Å². The molecule has 1 aliphatic heterocycles. The van der Waals surface area contributed by atoms with Crippen molar-refractivity contribution < 1.29 is 9.53 Å². The topological polar surface area (TPSA) is 78.5 Å². The molecule has 0 radical (unpaired) electrons. The van der Waals surface area contributed by atoms with Crippen molar-refractivity contribution in [2.45, 2.75) is 19.8 Å². The Bertz CT molecular complexity index is 1410. The van der Waals surface area contributed by atoms with Gasteiger partial charge in [-0.25, -0.2) is 0 Å². The zero-order valence-electron chi connectivity index (χ0n) is 20.0. The lowest BCUT2D eigenvalue weighted by molar-refractivity contribution is 0.101. The summed E-state index contributed by atoms with van der Waals surface area (Å²) in [6.07, 6.45) is 1.97. The summed E-state index contributed by atoms with van der Waals surface area (Å²) in [5.74, 6) is 0.643. The third-order valence-corrected chi connectivity index (χ3v) is 6.64. The number of unbranched alkanes of at least 4 members (excludes halogenated alkanes) is 1.